The second-order valence-electron chi connectivity index (χ2n) is 6.39. The van der Waals surface area contributed by atoms with Crippen molar-refractivity contribution in [3.05, 3.63) is 89.7 Å². The number of nitrogens with one attached hydrogen (secondary N) is 1. The van der Waals surface area contributed by atoms with Gasteiger partial charge < -0.3 is 15.0 Å². The zero-order valence-corrected chi connectivity index (χ0v) is 14.7. The highest BCUT2D eigenvalue weighted by molar-refractivity contribution is 6.04. The first-order valence-electron chi connectivity index (χ1n) is 8.82. The van der Waals surface area contributed by atoms with Crippen LogP contribution in [0.5, 0.6) is 5.75 Å². The Bertz CT molecular complexity index is 942. The lowest BCUT2D eigenvalue weighted by Gasteiger charge is -2.21. The Labute approximate surface area is 157 Å². The summed E-state index contributed by atoms with van der Waals surface area (Å²) < 4.78 is 18.9. The van der Waals surface area contributed by atoms with Gasteiger partial charge in [-0.1, -0.05) is 24.3 Å². The molecule has 3 aromatic carbocycles. The van der Waals surface area contributed by atoms with Crippen LogP contribution < -0.4 is 15.0 Å². The summed E-state index contributed by atoms with van der Waals surface area (Å²) in [6, 6.07) is 21.4. The molecule has 1 aliphatic heterocycles. The van der Waals surface area contributed by atoms with E-state index < -0.39 is 0 Å². The van der Waals surface area contributed by atoms with Gasteiger partial charge in [-0.05, 0) is 48.5 Å². The van der Waals surface area contributed by atoms with Crippen LogP contribution in [0.25, 0.3) is 0 Å². The van der Waals surface area contributed by atoms with Crippen molar-refractivity contribution in [3.8, 4) is 5.75 Å². The smallest absolute Gasteiger partial charge is 0.255 e. The lowest BCUT2D eigenvalue weighted by Crippen LogP contribution is -2.25. The molecule has 136 valence electrons. The fraction of sp³-hybridized carbons (Fsp3) is 0.136. The lowest BCUT2D eigenvalue weighted by molar-refractivity contribution is 0.102. The Kier molecular flexibility index (Phi) is 4.75. The largest absolute Gasteiger partial charge is 0.491 e. The van der Waals surface area contributed by atoms with Gasteiger partial charge in [-0.2, -0.15) is 0 Å². The second kappa shape index (κ2) is 7.50. The van der Waals surface area contributed by atoms with Gasteiger partial charge in [0.2, 0.25) is 0 Å². The van der Waals surface area contributed by atoms with Crippen LogP contribution in [-0.2, 0) is 6.54 Å². The van der Waals surface area contributed by atoms with Crippen molar-refractivity contribution in [1.29, 1.82) is 0 Å². The van der Waals surface area contributed by atoms with Gasteiger partial charge in [0.05, 0.1) is 6.54 Å². The number of nitrogens with zero attached hydrogens (tertiary/aromatic N) is 1. The number of fused-ring (bicyclic) bond motifs is 1. The van der Waals surface area contributed by atoms with Gasteiger partial charge in [-0.3, -0.25) is 4.79 Å². The Hall–Kier alpha value is -3.34. The van der Waals surface area contributed by atoms with E-state index in [9.17, 15) is 9.18 Å². The van der Waals surface area contributed by atoms with Gasteiger partial charge in [-0.15, -0.1) is 0 Å². The van der Waals surface area contributed by atoms with Crippen LogP contribution in [0.15, 0.2) is 72.8 Å². The molecule has 4 rings (SSSR count). The molecule has 1 heterocycles. The molecule has 27 heavy (non-hydrogen) atoms. The Morgan fingerprint density at radius 3 is 2.56 bits per heavy atom. The quantitative estimate of drug-likeness (QED) is 0.747. The van der Waals surface area contributed by atoms with E-state index in [1.807, 2.05) is 24.3 Å². The van der Waals surface area contributed by atoms with Crippen LogP contribution in [0.2, 0.25) is 0 Å². The third kappa shape index (κ3) is 3.92. The van der Waals surface area contributed by atoms with Gasteiger partial charge in [0.25, 0.3) is 5.91 Å². The van der Waals surface area contributed by atoms with Gasteiger partial charge in [0.15, 0.2) is 0 Å². The molecule has 0 fully saturated rings. The standard InChI is InChI=1S/C22H19FN2O2/c23-18-8-10-19(11-9-18)24-22(26)16-6-7-17-15-25(12-13-27-21(17)14-16)20-4-2-1-3-5-20/h1-11,14H,12-13,15H2,(H,24,26). The summed E-state index contributed by atoms with van der Waals surface area (Å²) in [6.07, 6.45) is 0. The average molecular weight is 362 g/mol. The molecule has 0 radical (unpaired) electrons. The average Bonchev–Trinajstić information content (AvgIpc) is 2.92. The Morgan fingerprint density at radius 2 is 1.78 bits per heavy atom. The van der Waals surface area contributed by atoms with Crippen molar-refractivity contribution in [1.82, 2.24) is 0 Å². The summed E-state index contributed by atoms with van der Waals surface area (Å²) in [5.41, 5.74) is 3.24. The number of para-hydroxylation sites is 1. The third-order valence-corrected chi connectivity index (χ3v) is 4.53. The number of ether oxygens (including phenoxy) is 1. The number of hydrogen-bond acceptors (Lipinski definition) is 3. The Morgan fingerprint density at radius 1 is 1.00 bits per heavy atom. The molecule has 0 aromatic heterocycles. The van der Waals surface area contributed by atoms with Crippen LogP contribution in [0.3, 0.4) is 0 Å². The van der Waals surface area contributed by atoms with E-state index in [1.54, 1.807) is 12.1 Å². The van der Waals surface area contributed by atoms with Gasteiger partial charge in [-0.25, -0.2) is 4.39 Å². The van der Waals surface area contributed by atoms with Crippen molar-refractivity contribution in [2.75, 3.05) is 23.4 Å². The molecule has 3 aromatic rings. The van der Waals surface area contributed by atoms with Crippen LogP contribution in [-0.4, -0.2) is 19.1 Å². The van der Waals surface area contributed by atoms with Crippen molar-refractivity contribution in [2.24, 2.45) is 0 Å². The zero-order valence-electron chi connectivity index (χ0n) is 14.7. The predicted molar refractivity (Wildman–Crippen MR) is 104 cm³/mol. The molecule has 1 aliphatic rings. The second-order valence-corrected chi connectivity index (χ2v) is 6.39. The number of halogens is 1. The first kappa shape index (κ1) is 17.1. The summed E-state index contributed by atoms with van der Waals surface area (Å²) in [5.74, 6) is 0.131. The minimum atomic E-state index is -0.339. The molecule has 0 atom stereocenters. The van der Waals surface area contributed by atoms with E-state index in [2.05, 4.69) is 22.3 Å². The van der Waals surface area contributed by atoms with E-state index in [0.29, 0.717) is 17.9 Å². The van der Waals surface area contributed by atoms with Crippen LogP contribution in [0.4, 0.5) is 15.8 Å². The van der Waals surface area contributed by atoms with Crippen LogP contribution >= 0.6 is 0 Å². The molecule has 0 spiro atoms. The highest BCUT2D eigenvalue weighted by atomic mass is 19.1. The van der Waals surface area contributed by atoms with E-state index in [0.717, 1.165) is 30.1 Å². The van der Waals surface area contributed by atoms with E-state index in [1.165, 1.54) is 24.3 Å². The summed E-state index contributed by atoms with van der Waals surface area (Å²) in [7, 11) is 0. The van der Waals surface area contributed by atoms with E-state index in [4.69, 9.17) is 4.74 Å². The maximum absolute atomic E-state index is 13.0. The summed E-state index contributed by atoms with van der Waals surface area (Å²) in [4.78, 5) is 14.7. The third-order valence-electron chi connectivity index (χ3n) is 4.53. The van der Waals surface area contributed by atoms with Crippen molar-refractivity contribution in [2.45, 2.75) is 6.54 Å². The van der Waals surface area contributed by atoms with Crippen molar-refractivity contribution >= 4 is 17.3 Å². The van der Waals surface area contributed by atoms with Crippen LogP contribution in [0, 0.1) is 5.82 Å². The topological polar surface area (TPSA) is 41.6 Å². The minimum Gasteiger partial charge on any atom is -0.491 e. The number of rotatable bonds is 3. The summed E-state index contributed by atoms with van der Waals surface area (Å²) in [5, 5.41) is 2.77. The molecule has 1 N–H and O–H groups in total. The van der Waals surface area contributed by atoms with Gasteiger partial charge in [0, 0.05) is 29.0 Å². The number of benzene rings is 3. The molecule has 0 unspecified atom stereocenters. The first-order chi connectivity index (χ1) is 13.2. The molecule has 4 nitrogen and oxygen atoms in total. The van der Waals surface area contributed by atoms with Gasteiger partial charge >= 0.3 is 0 Å². The summed E-state index contributed by atoms with van der Waals surface area (Å²) in [6.45, 7) is 2.04. The highest BCUT2D eigenvalue weighted by Gasteiger charge is 2.17. The number of amides is 1. The number of carbonyl (C=O) groups excluding carboxylic acids is 1. The monoisotopic (exact) mass is 362 g/mol. The zero-order chi connectivity index (χ0) is 18.6. The first-order valence-corrected chi connectivity index (χ1v) is 8.82. The Balaban J connectivity index is 1.52. The molecule has 0 saturated carbocycles. The van der Waals surface area contributed by atoms with Crippen molar-refractivity contribution < 1.29 is 13.9 Å². The number of carbonyl (C=O) groups is 1. The van der Waals surface area contributed by atoms with E-state index in [-0.39, 0.29) is 11.7 Å². The molecular weight excluding hydrogens is 343 g/mol. The highest BCUT2D eigenvalue weighted by Crippen LogP contribution is 2.27. The number of anilines is 2. The van der Waals surface area contributed by atoms with Crippen molar-refractivity contribution in [3.63, 3.8) is 0 Å². The molecule has 0 bridgehead atoms. The fourth-order valence-electron chi connectivity index (χ4n) is 3.11. The molecule has 0 aliphatic carbocycles. The molecule has 1 amide bonds. The minimum absolute atomic E-state index is 0.253. The molecule has 5 heteroatoms. The number of hydrogen-bond donors (Lipinski definition) is 1. The maximum Gasteiger partial charge on any atom is 0.255 e. The normalized spacial score (nSPS) is 13.3. The fourth-order valence-corrected chi connectivity index (χ4v) is 3.11. The SMILES string of the molecule is O=C(Nc1ccc(F)cc1)c1ccc2c(c1)OCCN(c1ccccc1)C2. The lowest BCUT2D eigenvalue weighted by atomic mass is 10.1. The predicted octanol–water partition coefficient (Wildman–Crippen LogP) is 4.48. The molecular formula is C22H19FN2O2. The van der Waals surface area contributed by atoms with E-state index >= 15 is 0 Å². The molecule has 0 saturated heterocycles. The summed E-state index contributed by atoms with van der Waals surface area (Å²) >= 11 is 0. The van der Waals surface area contributed by atoms with Crippen LogP contribution in [0.1, 0.15) is 15.9 Å². The van der Waals surface area contributed by atoms with Gasteiger partial charge in [0.1, 0.15) is 18.2 Å². The maximum atomic E-state index is 13.0.